The zero-order valence-electron chi connectivity index (χ0n) is 14.6. The Morgan fingerprint density at radius 2 is 2.00 bits per heavy atom. The topological polar surface area (TPSA) is 124 Å². The van der Waals surface area contributed by atoms with Crippen molar-refractivity contribution in [3.05, 3.63) is 30.1 Å². The molecule has 3 atom stereocenters. The number of carbonyl (C=O) groups is 4. The Morgan fingerprint density at radius 3 is 2.69 bits per heavy atom. The normalized spacial score (nSPS) is 25.0. The summed E-state index contributed by atoms with van der Waals surface area (Å²) < 4.78 is 10.2. The van der Waals surface area contributed by atoms with Gasteiger partial charge in [-0.05, 0) is 32.4 Å². The van der Waals surface area contributed by atoms with Crippen molar-refractivity contribution >= 4 is 23.8 Å². The van der Waals surface area contributed by atoms with Crippen LogP contribution in [0.3, 0.4) is 0 Å². The van der Waals surface area contributed by atoms with Gasteiger partial charge >= 0.3 is 11.9 Å². The molecule has 140 valence electrons. The minimum atomic E-state index is -1.12. The minimum Gasteiger partial charge on any atom is -0.457 e. The number of nitrogens with one attached hydrogen (secondary N) is 2. The summed E-state index contributed by atoms with van der Waals surface area (Å²) >= 11 is 0. The molecule has 0 aromatic carbocycles. The van der Waals surface area contributed by atoms with E-state index >= 15 is 0 Å². The van der Waals surface area contributed by atoms with E-state index in [1.54, 1.807) is 12.1 Å². The quantitative estimate of drug-likeness (QED) is 0.706. The molecule has 1 saturated heterocycles. The minimum absolute atomic E-state index is 0.0540. The van der Waals surface area contributed by atoms with E-state index in [4.69, 9.17) is 9.47 Å². The van der Waals surface area contributed by atoms with Crippen molar-refractivity contribution in [1.29, 1.82) is 0 Å². The van der Waals surface area contributed by atoms with Crippen molar-refractivity contribution in [3.63, 3.8) is 0 Å². The zero-order chi connectivity index (χ0) is 19.1. The van der Waals surface area contributed by atoms with Crippen LogP contribution in [0.15, 0.2) is 24.4 Å². The third-order valence-corrected chi connectivity index (χ3v) is 3.74. The highest BCUT2D eigenvalue weighted by Gasteiger charge is 2.32. The predicted octanol–water partition coefficient (Wildman–Crippen LogP) is -0.0466. The molecule has 1 aromatic rings. The number of hydrogen-bond donors (Lipinski definition) is 2. The maximum Gasteiger partial charge on any atom is 0.347 e. The highest BCUT2D eigenvalue weighted by molar-refractivity contribution is 5.96. The molecule has 1 fully saturated rings. The van der Waals surface area contributed by atoms with E-state index < -0.39 is 42.0 Å². The lowest BCUT2D eigenvalue weighted by molar-refractivity contribution is -0.171. The highest BCUT2D eigenvalue weighted by atomic mass is 16.6. The molecule has 0 bridgehead atoms. The van der Waals surface area contributed by atoms with Crippen LogP contribution in [-0.4, -0.2) is 53.5 Å². The number of cyclic esters (lactones) is 2. The Labute approximate surface area is 150 Å². The first-order valence-corrected chi connectivity index (χ1v) is 8.28. The Hall–Kier alpha value is -2.97. The van der Waals surface area contributed by atoms with E-state index in [2.05, 4.69) is 15.6 Å². The summed E-state index contributed by atoms with van der Waals surface area (Å²) in [6.45, 7) is 3.08. The number of carbonyl (C=O) groups excluding carboxylic acids is 4. The smallest absolute Gasteiger partial charge is 0.347 e. The molecule has 0 saturated carbocycles. The van der Waals surface area contributed by atoms with Gasteiger partial charge in [0, 0.05) is 19.2 Å². The van der Waals surface area contributed by atoms with E-state index in [0.717, 1.165) is 0 Å². The van der Waals surface area contributed by atoms with Crippen LogP contribution in [-0.2, 0) is 23.9 Å². The molecule has 2 rings (SSSR count). The van der Waals surface area contributed by atoms with Gasteiger partial charge in [-0.15, -0.1) is 0 Å². The highest BCUT2D eigenvalue weighted by Crippen LogP contribution is 2.08. The lowest BCUT2D eigenvalue weighted by Gasteiger charge is -2.26. The Morgan fingerprint density at radius 1 is 1.23 bits per heavy atom. The molecule has 9 heteroatoms. The SMILES string of the molecule is C[C@H]1OC(=O)CCCNC(=O)[C@@H](NC(=O)c2ccccn2)[C@@H](C)OC1=O. The van der Waals surface area contributed by atoms with Gasteiger partial charge in [0.05, 0.1) is 0 Å². The fourth-order valence-electron chi connectivity index (χ4n) is 2.31. The average molecular weight is 363 g/mol. The largest absolute Gasteiger partial charge is 0.457 e. The lowest BCUT2D eigenvalue weighted by Crippen LogP contribution is -2.54. The average Bonchev–Trinajstić information content (AvgIpc) is 2.62. The van der Waals surface area contributed by atoms with Crippen LogP contribution >= 0.6 is 0 Å². The van der Waals surface area contributed by atoms with Gasteiger partial charge in [0.1, 0.15) is 17.8 Å². The van der Waals surface area contributed by atoms with Gasteiger partial charge in [0.25, 0.3) is 5.91 Å². The second-order valence-corrected chi connectivity index (χ2v) is 5.83. The predicted molar refractivity (Wildman–Crippen MR) is 88.8 cm³/mol. The van der Waals surface area contributed by atoms with Gasteiger partial charge in [-0.1, -0.05) is 6.07 Å². The zero-order valence-corrected chi connectivity index (χ0v) is 14.6. The Bertz CT molecular complexity index is 678. The molecule has 26 heavy (non-hydrogen) atoms. The van der Waals surface area contributed by atoms with Crippen molar-refractivity contribution in [3.8, 4) is 0 Å². The van der Waals surface area contributed by atoms with E-state index in [0.29, 0.717) is 6.42 Å². The monoisotopic (exact) mass is 363 g/mol. The fraction of sp³-hybridized carbons (Fsp3) is 0.471. The Balaban J connectivity index is 2.15. The summed E-state index contributed by atoms with van der Waals surface area (Å²) in [5, 5.41) is 5.14. The van der Waals surface area contributed by atoms with Gasteiger partial charge in [-0.25, -0.2) is 4.79 Å². The molecule has 0 aliphatic carbocycles. The summed E-state index contributed by atoms with van der Waals surface area (Å²) in [5.74, 6) is -2.43. The molecule has 1 aromatic heterocycles. The summed E-state index contributed by atoms with van der Waals surface area (Å²) in [5.41, 5.74) is 0.132. The molecular weight excluding hydrogens is 342 g/mol. The van der Waals surface area contributed by atoms with Crippen LogP contribution in [0, 0.1) is 0 Å². The molecule has 2 heterocycles. The molecule has 0 radical (unpaired) electrons. The third-order valence-electron chi connectivity index (χ3n) is 3.74. The number of rotatable bonds is 2. The van der Waals surface area contributed by atoms with Gasteiger partial charge in [-0.3, -0.25) is 19.4 Å². The van der Waals surface area contributed by atoms with Crippen LogP contribution in [0.4, 0.5) is 0 Å². The maximum absolute atomic E-state index is 12.4. The van der Waals surface area contributed by atoms with Crippen molar-refractivity contribution in [1.82, 2.24) is 15.6 Å². The summed E-state index contributed by atoms with van der Waals surface area (Å²) in [6.07, 6.45) is -0.217. The number of ether oxygens (including phenoxy) is 2. The van der Waals surface area contributed by atoms with Crippen LogP contribution in [0.5, 0.6) is 0 Å². The second kappa shape index (κ2) is 8.93. The molecule has 2 amide bonds. The number of aromatic nitrogens is 1. The molecule has 1 aliphatic heterocycles. The number of pyridine rings is 1. The fourth-order valence-corrected chi connectivity index (χ4v) is 2.31. The van der Waals surface area contributed by atoms with Crippen LogP contribution < -0.4 is 10.6 Å². The van der Waals surface area contributed by atoms with Crippen molar-refractivity contribution < 1.29 is 28.7 Å². The number of nitrogens with zero attached hydrogens (tertiary/aromatic N) is 1. The lowest BCUT2D eigenvalue weighted by atomic mass is 10.1. The van der Waals surface area contributed by atoms with Gasteiger partial charge in [0.2, 0.25) is 5.91 Å². The number of esters is 2. The Kier molecular flexibility index (Phi) is 6.65. The standard InChI is InChI=1S/C17H21N3O6/c1-10-14(20-15(22)12-6-3-4-8-18-12)16(23)19-9-5-7-13(21)25-11(2)17(24)26-10/h3-4,6,8,10-11,14H,5,7,9H2,1-2H3,(H,19,23)(H,20,22)/t10-,11-,14+/m1/s1. The first-order chi connectivity index (χ1) is 12.4. The van der Waals surface area contributed by atoms with E-state index in [1.807, 2.05) is 0 Å². The van der Waals surface area contributed by atoms with Crippen LogP contribution in [0.1, 0.15) is 37.2 Å². The first kappa shape index (κ1) is 19.4. The van der Waals surface area contributed by atoms with Gasteiger partial charge in [0.15, 0.2) is 6.10 Å². The van der Waals surface area contributed by atoms with E-state index in [9.17, 15) is 19.2 Å². The molecule has 1 aliphatic rings. The molecule has 0 spiro atoms. The molecule has 2 N–H and O–H groups in total. The molecular formula is C17H21N3O6. The van der Waals surface area contributed by atoms with Crippen molar-refractivity contribution in [2.45, 2.75) is 44.9 Å². The summed E-state index contributed by atoms with van der Waals surface area (Å²) in [4.78, 5) is 52.3. The number of amides is 2. The van der Waals surface area contributed by atoms with Crippen LogP contribution in [0.2, 0.25) is 0 Å². The van der Waals surface area contributed by atoms with Crippen LogP contribution in [0.25, 0.3) is 0 Å². The van der Waals surface area contributed by atoms with E-state index in [-0.39, 0.29) is 18.7 Å². The first-order valence-electron chi connectivity index (χ1n) is 8.28. The molecule has 9 nitrogen and oxygen atoms in total. The summed E-state index contributed by atoms with van der Waals surface area (Å²) in [7, 11) is 0. The van der Waals surface area contributed by atoms with Crippen molar-refractivity contribution in [2.24, 2.45) is 0 Å². The van der Waals surface area contributed by atoms with E-state index in [1.165, 1.54) is 26.1 Å². The maximum atomic E-state index is 12.4. The van der Waals surface area contributed by atoms with Gasteiger partial charge in [-0.2, -0.15) is 0 Å². The second-order valence-electron chi connectivity index (χ2n) is 5.83. The number of hydrogen-bond acceptors (Lipinski definition) is 7. The van der Waals surface area contributed by atoms with Gasteiger partial charge < -0.3 is 20.1 Å². The van der Waals surface area contributed by atoms with Crippen molar-refractivity contribution in [2.75, 3.05) is 6.54 Å². The molecule has 0 unspecified atom stereocenters. The summed E-state index contributed by atoms with van der Waals surface area (Å²) in [6, 6.07) is 3.69. The third kappa shape index (κ3) is 5.27.